The Morgan fingerprint density at radius 2 is 2.00 bits per heavy atom. The lowest BCUT2D eigenvalue weighted by Crippen LogP contribution is -2.32. The first-order valence-electron chi connectivity index (χ1n) is 8.35. The van der Waals surface area contributed by atoms with Gasteiger partial charge in [-0.2, -0.15) is 0 Å². The molecule has 0 spiro atoms. The van der Waals surface area contributed by atoms with Gasteiger partial charge in [-0.1, -0.05) is 13.0 Å². The Balaban J connectivity index is 2.12. The van der Waals surface area contributed by atoms with Crippen molar-refractivity contribution in [1.29, 1.82) is 0 Å². The molecule has 0 heterocycles. The molecule has 2 N–H and O–H groups in total. The first kappa shape index (κ1) is 16.2. The van der Waals surface area contributed by atoms with Crippen LogP contribution in [-0.2, 0) is 0 Å². The molecule has 1 aliphatic rings. The molecular formula is C18H30N2O. The Hall–Kier alpha value is -1.22. The Morgan fingerprint density at radius 1 is 1.29 bits per heavy atom. The summed E-state index contributed by atoms with van der Waals surface area (Å²) in [5, 5.41) is 13.8. The van der Waals surface area contributed by atoms with E-state index in [1.54, 1.807) is 0 Å². The molecule has 1 aromatic carbocycles. The first-order valence-corrected chi connectivity index (χ1v) is 8.35. The van der Waals surface area contributed by atoms with Gasteiger partial charge in [0, 0.05) is 35.9 Å². The second kappa shape index (κ2) is 7.17. The third-order valence-electron chi connectivity index (χ3n) is 4.29. The van der Waals surface area contributed by atoms with Crippen LogP contribution in [-0.4, -0.2) is 24.2 Å². The molecule has 118 valence electrons. The Bertz CT molecular complexity index is 455. The van der Waals surface area contributed by atoms with E-state index >= 15 is 0 Å². The third-order valence-corrected chi connectivity index (χ3v) is 4.29. The fraction of sp³-hybridized carbons (Fsp3) is 0.667. The zero-order valence-corrected chi connectivity index (χ0v) is 13.9. The minimum absolute atomic E-state index is 0.190. The van der Waals surface area contributed by atoms with Gasteiger partial charge in [-0.3, -0.25) is 0 Å². The molecule has 1 saturated carbocycles. The van der Waals surface area contributed by atoms with Gasteiger partial charge in [0.15, 0.2) is 0 Å². The van der Waals surface area contributed by atoms with Gasteiger partial charge in [-0.05, 0) is 58.6 Å². The number of phenolic OH excluding ortho intramolecular Hbond substituents is 1. The van der Waals surface area contributed by atoms with Crippen molar-refractivity contribution in [2.24, 2.45) is 5.92 Å². The second-order valence-corrected chi connectivity index (χ2v) is 6.61. The molecule has 2 rings (SSSR count). The van der Waals surface area contributed by atoms with Crippen LogP contribution in [0.25, 0.3) is 0 Å². The van der Waals surface area contributed by atoms with Crippen molar-refractivity contribution in [3.63, 3.8) is 0 Å². The Morgan fingerprint density at radius 3 is 2.52 bits per heavy atom. The highest BCUT2D eigenvalue weighted by Crippen LogP contribution is 2.34. The van der Waals surface area contributed by atoms with Crippen molar-refractivity contribution in [2.45, 2.75) is 59.0 Å². The molecule has 1 aliphatic carbocycles. The number of hydrogen-bond donors (Lipinski definition) is 2. The van der Waals surface area contributed by atoms with E-state index in [-0.39, 0.29) is 6.04 Å². The molecule has 3 nitrogen and oxygen atoms in total. The van der Waals surface area contributed by atoms with Crippen LogP contribution in [0.4, 0.5) is 5.69 Å². The highest BCUT2D eigenvalue weighted by atomic mass is 16.3. The Kier molecular flexibility index (Phi) is 5.51. The van der Waals surface area contributed by atoms with Gasteiger partial charge in [0.05, 0.1) is 0 Å². The molecule has 1 fully saturated rings. The number of nitrogens with zero attached hydrogens (tertiary/aromatic N) is 1. The van der Waals surface area contributed by atoms with Crippen LogP contribution in [0.2, 0.25) is 0 Å². The maximum Gasteiger partial charge on any atom is 0.122 e. The molecule has 3 heteroatoms. The van der Waals surface area contributed by atoms with Crippen LogP contribution in [0, 0.1) is 5.92 Å². The molecule has 0 amide bonds. The highest BCUT2D eigenvalue weighted by Gasteiger charge is 2.26. The summed E-state index contributed by atoms with van der Waals surface area (Å²) in [7, 11) is 0. The maximum absolute atomic E-state index is 10.4. The van der Waals surface area contributed by atoms with E-state index in [4.69, 9.17) is 0 Å². The number of aromatic hydroxyl groups is 1. The number of hydrogen-bond acceptors (Lipinski definition) is 3. The Labute approximate surface area is 129 Å². The summed E-state index contributed by atoms with van der Waals surface area (Å²) in [5.41, 5.74) is 2.13. The maximum atomic E-state index is 10.4. The van der Waals surface area contributed by atoms with E-state index in [1.165, 1.54) is 12.8 Å². The molecule has 1 unspecified atom stereocenters. The predicted molar refractivity (Wildman–Crippen MR) is 90.0 cm³/mol. The van der Waals surface area contributed by atoms with Crippen LogP contribution in [0.3, 0.4) is 0 Å². The number of nitrogens with one attached hydrogen (secondary N) is 1. The van der Waals surface area contributed by atoms with Crippen LogP contribution >= 0.6 is 0 Å². The zero-order valence-electron chi connectivity index (χ0n) is 13.9. The standard InChI is InChI=1S/C18H30N2O/c1-5-10-19-14(4)17-9-8-16(11-18(17)21)20(13(2)3)12-15-6-7-15/h8-9,11,13-15,19,21H,5-7,10,12H2,1-4H3. The van der Waals surface area contributed by atoms with Crippen molar-refractivity contribution >= 4 is 5.69 Å². The summed E-state index contributed by atoms with van der Waals surface area (Å²) in [6.45, 7) is 10.8. The van der Waals surface area contributed by atoms with Gasteiger partial charge in [0.25, 0.3) is 0 Å². The van der Waals surface area contributed by atoms with Gasteiger partial charge < -0.3 is 15.3 Å². The molecule has 0 saturated heterocycles. The van der Waals surface area contributed by atoms with Gasteiger partial charge >= 0.3 is 0 Å². The topological polar surface area (TPSA) is 35.5 Å². The van der Waals surface area contributed by atoms with E-state index in [0.717, 1.165) is 36.7 Å². The van der Waals surface area contributed by atoms with Crippen molar-refractivity contribution < 1.29 is 5.11 Å². The molecule has 0 radical (unpaired) electrons. The molecule has 1 atom stereocenters. The SMILES string of the molecule is CCCNC(C)c1ccc(N(CC2CC2)C(C)C)cc1O. The fourth-order valence-electron chi connectivity index (χ4n) is 2.74. The smallest absolute Gasteiger partial charge is 0.122 e. The minimum Gasteiger partial charge on any atom is -0.508 e. The normalized spacial score (nSPS) is 16.2. The molecule has 0 aromatic heterocycles. The van der Waals surface area contributed by atoms with Crippen LogP contribution in [0.15, 0.2) is 18.2 Å². The van der Waals surface area contributed by atoms with E-state index in [9.17, 15) is 5.11 Å². The lowest BCUT2D eigenvalue weighted by Gasteiger charge is -2.30. The van der Waals surface area contributed by atoms with Crippen LogP contribution < -0.4 is 10.2 Å². The number of benzene rings is 1. The quantitative estimate of drug-likeness (QED) is 0.757. The van der Waals surface area contributed by atoms with Gasteiger partial charge in [0.1, 0.15) is 5.75 Å². The lowest BCUT2D eigenvalue weighted by molar-refractivity contribution is 0.452. The summed E-state index contributed by atoms with van der Waals surface area (Å²) in [6, 6.07) is 6.81. The van der Waals surface area contributed by atoms with E-state index in [0.29, 0.717) is 11.8 Å². The predicted octanol–water partition coefficient (Wildman–Crippen LogP) is 4.08. The second-order valence-electron chi connectivity index (χ2n) is 6.61. The molecule has 21 heavy (non-hydrogen) atoms. The minimum atomic E-state index is 0.190. The third kappa shape index (κ3) is 4.37. The van der Waals surface area contributed by atoms with Crippen molar-refractivity contribution in [1.82, 2.24) is 5.32 Å². The highest BCUT2D eigenvalue weighted by molar-refractivity contribution is 5.54. The first-order chi connectivity index (χ1) is 10.0. The average molecular weight is 290 g/mol. The van der Waals surface area contributed by atoms with Crippen molar-refractivity contribution in [2.75, 3.05) is 18.0 Å². The number of phenols is 1. The van der Waals surface area contributed by atoms with E-state index in [1.807, 2.05) is 6.07 Å². The van der Waals surface area contributed by atoms with Crippen molar-refractivity contribution in [3.8, 4) is 5.75 Å². The summed E-state index contributed by atoms with van der Waals surface area (Å²) in [5.74, 6) is 1.25. The summed E-state index contributed by atoms with van der Waals surface area (Å²) >= 11 is 0. The monoisotopic (exact) mass is 290 g/mol. The average Bonchev–Trinajstić information content (AvgIpc) is 3.25. The fourth-order valence-corrected chi connectivity index (χ4v) is 2.74. The summed E-state index contributed by atoms with van der Waals surface area (Å²) in [6.07, 6.45) is 3.81. The van der Waals surface area contributed by atoms with Gasteiger partial charge in [0.2, 0.25) is 0 Å². The molecular weight excluding hydrogens is 260 g/mol. The van der Waals surface area contributed by atoms with Crippen LogP contribution in [0.5, 0.6) is 5.75 Å². The number of rotatable bonds is 8. The van der Waals surface area contributed by atoms with E-state index < -0.39 is 0 Å². The lowest BCUT2D eigenvalue weighted by atomic mass is 10.1. The number of anilines is 1. The summed E-state index contributed by atoms with van der Waals surface area (Å²) in [4.78, 5) is 2.41. The van der Waals surface area contributed by atoms with E-state index in [2.05, 4.69) is 50.0 Å². The molecule has 0 bridgehead atoms. The molecule has 1 aromatic rings. The van der Waals surface area contributed by atoms with Gasteiger partial charge in [-0.25, -0.2) is 0 Å². The summed E-state index contributed by atoms with van der Waals surface area (Å²) < 4.78 is 0. The zero-order chi connectivity index (χ0) is 15.4. The van der Waals surface area contributed by atoms with Crippen molar-refractivity contribution in [3.05, 3.63) is 23.8 Å². The largest absolute Gasteiger partial charge is 0.508 e. The van der Waals surface area contributed by atoms with Gasteiger partial charge in [-0.15, -0.1) is 0 Å². The van der Waals surface area contributed by atoms with Crippen LogP contribution in [0.1, 0.15) is 58.6 Å². The molecule has 0 aliphatic heterocycles.